The summed E-state index contributed by atoms with van der Waals surface area (Å²) in [6.45, 7) is 7.28. The van der Waals surface area contributed by atoms with Gasteiger partial charge in [0.25, 0.3) is 0 Å². The highest BCUT2D eigenvalue weighted by Crippen LogP contribution is 2.45. The minimum absolute atomic E-state index is 0.107. The number of esters is 4. The molecule has 0 aromatic rings. The zero-order chi connectivity index (χ0) is 70.5. The Morgan fingerprint density at radius 1 is 0.281 bits per heavy atom. The Hall–Kier alpha value is -1.94. The molecule has 3 N–H and O–H groups in total. The van der Waals surface area contributed by atoms with Gasteiger partial charge in [0.05, 0.1) is 26.4 Å². The van der Waals surface area contributed by atoms with Crippen LogP contribution in [0.4, 0.5) is 0 Å². The highest BCUT2D eigenvalue weighted by Gasteiger charge is 2.30. The van der Waals surface area contributed by atoms with Gasteiger partial charge in [-0.1, -0.05) is 356 Å². The van der Waals surface area contributed by atoms with Crippen molar-refractivity contribution in [1.29, 1.82) is 0 Å². The molecule has 570 valence electrons. The van der Waals surface area contributed by atoms with E-state index in [4.69, 9.17) is 37.0 Å². The molecule has 0 aliphatic carbocycles. The van der Waals surface area contributed by atoms with Crippen molar-refractivity contribution in [3.63, 3.8) is 0 Å². The van der Waals surface area contributed by atoms with Crippen molar-refractivity contribution in [3.05, 3.63) is 0 Å². The summed E-state index contributed by atoms with van der Waals surface area (Å²) in [5, 5.41) is 10.6. The van der Waals surface area contributed by atoms with Gasteiger partial charge < -0.3 is 33.8 Å². The molecule has 0 radical (unpaired) electrons. The molecule has 0 fully saturated rings. The Kier molecular flexibility index (Phi) is 68.7. The molecule has 0 rings (SSSR count). The predicted molar refractivity (Wildman–Crippen MR) is 391 cm³/mol. The third-order valence-electron chi connectivity index (χ3n) is 18.0. The Balaban J connectivity index is 5.16. The summed E-state index contributed by atoms with van der Waals surface area (Å²) in [4.78, 5) is 72.7. The number of carbonyl (C=O) groups is 4. The van der Waals surface area contributed by atoms with Gasteiger partial charge in [0, 0.05) is 25.7 Å². The minimum atomic E-state index is -4.96. The number of hydrogen-bond acceptors (Lipinski definition) is 15. The largest absolute Gasteiger partial charge is 0.472 e. The van der Waals surface area contributed by atoms with Gasteiger partial charge in [0.1, 0.15) is 19.3 Å². The van der Waals surface area contributed by atoms with Crippen LogP contribution < -0.4 is 0 Å². The highest BCUT2D eigenvalue weighted by molar-refractivity contribution is 7.47. The number of phosphoric ester groups is 2. The molecule has 0 saturated heterocycles. The molecule has 17 nitrogen and oxygen atoms in total. The summed E-state index contributed by atoms with van der Waals surface area (Å²) < 4.78 is 68.5. The second-order valence-electron chi connectivity index (χ2n) is 28.2. The van der Waals surface area contributed by atoms with Gasteiger partial charge >= 0.3 is 39.5 Å². The van der Waals surface area contributed by atoms with Gasteiger partial charge in [0.2, 0.25) is 0 Å². The molecule has 5 atom stereocenters. The fourth-order valence-electron chi connectivity index (χ4n) is 11.9. The van der Waals surface area contributed by atoms with Crippen LogP contribution in [-0.2, 0) is 65.4 Å². The maximum atomic E-state index is 13.1. The van der Waals surface area contributed by atoms with E-state index in [1.807, 2.05) is 0 Å². The van der Waals surface area contributed by atoms with Crippen LogP contribution in [-0.4, -0.2) is 96.7 Å². The molecule has 0 heterocycles. The number of aliphatic hydroxyl groups is 1. The summed E-state index contributed by atoms with van der Waals surface area (Å²) in [7, 11) is -9.91. The first-order chi connectivity index (χ1) is 46.5. The van der Waals surface area contributed by atoms with E-state index in [0.29, 0.717) is 25.7 Å². The maximum absolute atomic E-state index is 13.1. The van der Waals surface area contributed by atoms with E-state index in [9.17, 15) is 43.2 Å². The zero-order valence-electron chi connectivity index (χ0n) is 62.5. The molecular weight excluding hydrogens is 1260 g/mol. The first-order valence-corrected chi connectivity index (χ1v) is 43.1. The molecule has 0 aromatic heterocycles. The topological polar surface area (TPSA) is 237 Å². The standard InChI is InChI=1S/C77H150O17P2/c1-6-9-12-15-18-21-23-24-25-26-27-28-29-30-31-32-33-38-43-48-53-58-63-77(82)94-73(67-88-75(80)61-56-51-46-42-37-35-34-36-40-44-49-54-59-70(4)5)69-92-96(85,86)90-65-71(78)64-89-95(83,84)91-68-72(66-87-74(79)60-55-50-45-39-20-17-14-11-8-3)93-76(81)62-57-52-47-41-22-19-16-13-10-7-2/h70-73,78H,6-69H2,1-5H3,(H,83,84)(H,85,86)/t71-,72+,73+/m0/s1. The molecule has 2 unspecified atom stereocenters. The number of phosphoric acid groups is 2. The van der Waals surface area contributed by atoms with Gasteiger partial charge in [-0.2, -0.15) is 0 Å². The van der Waals surface area contributed by atoms with E-state index in [2.05, 4.69) is 34.6 Å². The van der Waals surface area contributed by atoms with Crippen LogP contribution in [0.5, 0.6) is 0 Å². The number of carbonyl (C=O) groups excluding carboxylic acids is 4. The Bertz CT molecular complexity index is 1840. The fraction of sp³-hybridized carbons (Fsp3) is 0.948. The second kappa shape index (κ2) is 70.1. The van der Waals surface area contributed by atoms with E-state index < -0.39 is 97.5 Å². The monoisotopic (exact) mass is 1410 g/mol. The average molecular weight is 1410 g/mol. The maximum Gasteiger partial charge on any atom is 0.472 e. The predicted octanol–water partition coefficient (Wildman–Crippen LogP) is 22.9. The van der Waals surface area contributed by atoms with Gasteiger partial charge in [-0.3, -0.25) is 37.3 Å². The first-order valence-electron chi connectivity index (χ1n) is 40.1. The van der Waals surface area contributed by atoms with Gasteiger partial charge in [-0.05, 0) is 31.6 Å². The Labute approximate surface area is 588 Å². The number of hydrogen-bond donors (Lipinski definition) is 3. The SMILES string of the molecule is CCCCCCCCCCCCCCCCCCCCCCCCC(=O)O[C@H](COC(=O)CCCCCCCCCCCCCCC(C)C)COP(=O)(O)OC[C@@H](O)COP(=O)(O)OC[C@@H](COC(=O)CCCCCCCCCCC)OC(=O)CCCCCCCCCCCC. The molecule has 0 amide bonds. The molecule has 0 aromatic carbocycles. The van der Waals surface area contributed by atoms with Crippen molar-refractivity contribution >= 4 is 39.5 Å². The molecule has 0 aliphatic heterocycles. The smallest absolute Gasteiger partial charge is 0.462 e. The lowest BCUT2D eigenvalue weighted by Crippen LogP contribution is -2.30. The Morgan fingerprint density at radius 3 is 0.708 bits per heavy atom. The highest BCUT2D eigenvalue weighted by atomic mass is 31.2. The van der Waals surface area contributed by atoms with Crippen molar-refractivity contribution in [1.82, 2.24) is 0 Å². The lowest BCUT2D eigenvalue weighted by atomic mass is 10.0. The van der Waals surface area contributed by atoms with E-state index in [-0.39, 0.29) is 25.7 Å². The molecular formula is C77H150O17P2. The third-order valence-corrected chi connectivity index (χ3v) is 19.9. The summed E-state index contributed by atoms with van der Waals surface area (Å²) in [5.41, 5.74) is 0. The molecule has 19 heteroatoms. The summed E-state index contributed by atoms with van der Waals surface area (Å²) >= 11 is 0. The fourth-order valence-corrected chi connectivity index (χ4v) is 13.5. The van der Waals surface area contributed by atoms with Crippen molar-refractivity contribution in [3.8, 4) is 0 Å². The molecule has 0 aliphatic rings. The first kappa shape index (κ1) is 94.1. The quantitative estimate of drug-likeness (QED) is 0.0222. The molecule has 0 bridgehead atoms. The van der Waals surface area contributed by atoms with Crippen LogP contribution in [0.25, 0.3) is 0 Å². The van der Waals surface area contributed by atoms with Crippen LogP contribution in [0.15, 0.2) is 0 Å². The van der Waals surface area contributed by atoms with Gasteiger partial charge in [-0.25, -0.2) is 9.13 Å². The van der Waals surface area contributed by atoms with Crippen molar-refractivity contribution in [2.75, 3.05) is 39.6 Å². The van der Waals surface area contributed by atoms with Crippen molar-refractivity contribution in [2.24, 2.45) is 5.92 Å². The molecule has 0 saturated carbocycles. The van der Waals surface area contributed by atoms with Crippen molar-refractivity contribution < 1.29 is 80.2 Å². The number of aliphatic hydroxyl groups excluding tert-OH is 1. The van der Waals surface area contributed by atoms with E-state index in [1.165, 1.54) is 231 Å². The zero-order valence-corrected chi connectivity index (χ0v) is 64.3. The van der Waals surface area contributed by atoms with Gasteiger partial charge in [-0.15, -0.1) is 0 Å². The third kappa shape index (κ3) is 70.5. The van der Waals surface area contributed by atoms with E-state index >= 15 is 0 Å². The summed E-state index contributed by atoms with van der Waals surface area (Å²) in [5.74, 6) is -1.33. The van der Waals surface area contributed by atoms with Crippen LogP contribution in [0.1, 0.15) is 407 Å². The second-order valence-corrected chi connectivity index (χ2v) is 31.1. The van der Waals surface area contributed by atoms with E-state index in [1.54, 1.807) is 0 Å². The van der Waals surface area contributed by atoms with Crippen molar-refractivity contribution in [2.45, 2.75) is 425 Å². The van der Waals surface area contributed by atoms with Crippen LogP contribution in [0, 0.1) is 5.92 Å². The van der Waals surface area contributed by atoms with Crippen LogP contribution >= 0.6 is 15.6 Å². The van der Waals surface area contributed by atoms with Crippen LogP contribution in [0.2, 0.25) is 0 Å². The molecule has 96 heavy (non-hydrogen) atoms. The number of ether oxygens (including phenoxy) is 4. The van der Waals surface area contributed by atoms with Gasteiger partial charge in [0.15, 0.2) is 12.2 Å². The molecule has 0 spiro atoms. The summed E-state index contributed by atoms with van der Waals surface area (Å²) in [6.07, 6.45) is 59.8. The average Bonchev–Trinajstić information content (AvgIpc) is 1.32. The normalized spacial score (nSPS) is 13.9. The number of unbranched alkanes of at least 4 members (excludes halogenated alkanes) is 49. The lowest BCUT2D eigenvalue weighted by molar-refractivity contribution is -0.161. The summed E-state index contributed by atoms with van der Waals surface area (Å²) in [6, 6.07) is 0. The Morgan fingerprint density at radius 2 is 0.479 bits per heavy atom. The van der Waals surface area contributed by atoms with E-state index in [0.717, 1.165) is 95.8 Å². The number of rotatable bonds is 77. The van der Waals surface area contributed by atoms with Crippen LogP contribution in [0.3, 0.4) is 0 Å². The minimum Gasteiger partial charge on any atom is -0.462 e. The lowest BCUT2D eigenvalue weighted by Gasteiger charge is -2.21.